The lowest BCUT2D eigenvalue weighted by Crippen LogP contribution is -2.42. The molecular weight excluding hydrogens is 445 g/mol. The van der Waals surface area contributed by atoms with Crippen LogP contribution in [0.2, 0.25) is 0 Å². The molecule has 33 heavy (non-hydrogen) atoms. The van der Waals surface area contributed by atoms with E-state index in [0.717, 1.165) is 22.3 Å². The molecule has 3 aromatic rings. The monoisotopic (exact) mass is 473 g/mol. The number of anilines is 3. The zero-order valence-electron chi connectivity index (χ0n) is 18.5. The third kappa shape index (κ3) is 5.76. The van der Waals surface area contributed by atoms with Crippen molar-refractivity contribution in [3.05, 3.63) is 41.5 Å². The third-order valence-corrected chi connectivity index (χ3v) is 6.52. The summed E-state index contributed by atoms with van der Waals surface area (Å²) in [6.07, 6.45) is 1.51. The first-order valence-electron chi connectivity index (χ1n) is 10.9. The van der Waals surface area contributed by atoms with E-state index >= 15 is 0 Å². The number of carbonyl (C=O) groups excluding carboxylic acids is 1. The molecule has 2 aromatic heterocycles. The van der Waals surface area contributed by atoms with Crippen LogP contribution in [-0.4, -0.2) is 56.6 Å². The van der Waals surface area contributed by atoms with Gasteiger partial charge in [-0.25, -0.2) is 14.4 Å². The van der Waals surface area contributed by atoms with Crippen molar-refractivity contribution in [2.75, 3.05) is 17.2 Å². The van der Waals surface area contributed by atoms with Crippen molar-refractivity contribution in [3.8, 4) is 0 Å². The molecule has 4 rings (SSSR count). The standard InChI is InChI=1S/C23H28FN5O3S/c1-23(2,32)20(24)11-26-22(31)16-10-25-21(9-18(16)28-13-3-5-15(30)7-13)29-14-4-6-17-19(8-14)33-12-27-17/h4,6,8-10,12-13,15,20,30,32H,3,5,7,11H2,1-2H3,(H,26,31)(H2,25,28,29). The minimum absolute atomic E-state index is 0.0145. The number of aliphatic hydroxyl groups is 2. The van der Waals surface area contributed by atoms with Crippen molar-refractivity contribution in [1.82, 2.24) is 15.3 Å². The summed E-state index contributed by atoms with van der Waals surface area (Å²) in [5.74, 6) is 0.0457. The molecule has 0 saturated heterocycles. The fraction of sp³-hybridized carbons (Fsp3) is 0.435. The van der Waals surface area contributed by atoms with Crippen LogP contribution >= 0.6 is 11.3 Å². The summed E-state index contributed by atoms with van der Waals surface area (Å²) in [5.41, 5.74) is 2.80. The Balaban J connectivity index is 1.55. The van der Waals surface area contributed by atoms with Gasteiger partial charge in [0.15, 0.2) is 0 Å². The number of hydrogen-bond acceptors (Lipinski definition) is 8. The van der Waals surface area contributed by atoms with Crippen LogP contribution in [0.5, 0.6) is 0 Å². The number of amides is 1. The van der Waals surface area contributed by atoms with Crippen molar-refractivity contribution in [2.45, 2.75) is 57.0 Å². The van der Waals surface area contributed by atoms with Gasteiger partial charge in [-0.05, 0) is 51.3 Å². The van der Waals surface area contributed by atoms with Gasteiger partial charge < -0.3 is 26.2 Å². The van der Waals surface area contributed by atoms with E-state index in [1.54, 1.807) is 22.9 Å². The molecular formula is C23H28FN5O3S. The summed E-state index contributed by atoms with van der Waals surface area (Å²) in [4.78, 5) is 21.5. The molecule has 1 fully saturated rings. The molecule has 3 atom stereocenters. The van der Waals surface area contributed by atoms with E-state index < -0.39 is 17.7 Å². The van der Waals surface area contributed by atoms with Crippen LogP contribution in [0.4, 0.5) is 21.6 Å². The van der Waals surface area contributed by atoms with E-state index in [2.05, 4.69) is 25.9 Å². The number of carbonyl (C=O) groups is 1. The Bertz CT molecular complexity index is 1130. The number of aromatic nitrogens is 2. The van der Waals surface area contributed by atoms with Crippen LogP contribution < -0.4 is 16.0 Å². The van der Waals surface area contributed by atoms with Gasteiger partial charge in [-0.2, -0.15) is 0 Å². The highest BCUT2D eigenvalue weighted by atomic mass is 32.1. The van der Waals surface area contributed by atoms with Gasteiger partial charge in [-0.1, -0.05) is 0 Å². The smallest absolute Gasteiger partial charge is 0.255 e. The Morgan fingerprint density at radius 2 is 2.12 bits per heavy atom. The molecule has 1 aliphatic rings. The number of thiazole rings is 1. The molecule has 176 valence electrons. The first-order valence-corrected chi connectivity index (χ1v) is 11.8. The van der Waals surface area contributed by atoms with E-state index in [0.29, 0.717) is 24.3 Å². The van der Waals surface area contributed by atoms with E-state index in [1.807, 2.05) is 18.2 Å². The second-order valence-electron chi connectivity index (χ2n) is 8.91. The molecule has 3 unspecified atom stereocenters. The highest BCUT2D eigenvalue weighted by molar-refractivity contribution is 7.16. The Hall–Kier alpha value is -2.82. The molecule has 0 radical (unpaired) electrons. The molecule has 0 bridgehead atoms. The number of fused-ring (bicyclic) bond motifs is 1. The highest BCUT2D eigenvalue weighted by Crippen LogP contribution is 2.29. The zero-order chi connectivity index (χ0) is 23.6. The Kier molecular flexibility index (Phi) is 6.78. The Morgan fingerprint density at radius 1 is 1.30 bits per heavy atom. The van der Waals surface area contributed by atoms with Crippen molar-refractivity contribution >= 4 is 44.7 Å². The Labute approximate surface area is 195 Å². The molecule has 1 saturated carbocycles. The van der Waals surface area contributed by atoms with E-state index in [4.69, 9.17) is 0 Å². The number of benzene rings is 1. The van der Waals surface area contributed by atoms with Crippen LogP contribution in [0.15, 0.2) is 36.0 Å². The SMILES string of the molecule is CC(C)(O)C(F)CNC(=O)c1cnc(Nc2ccc3ncsc3c2)cc1NC1CCC(O)C1. The largest absolute Gasteiger partial charge is 0.393 e. The number of halogens is 1. The van der Waals surface area contributed by atoms with Crippen molar-refractivity contribution in [2.24, 2.45) is 0 Å². The molecule has 0 aliphatic heterocycles. The summed E-state index contributed by atoms with van der Waals surface area (Å²) in [5, 5.41) is 28.8. The fourth-order valence-corrected chi connectivity index (χ4v) is 4.46. The minimum atomic E-state index is -1.61. The number of alkyl halides is 1. The summed E-state index contributed by atoms with van der Waals surface area (Å²) in [7, 11) is 0. The Morgan fingerprint density at radius 3 is 2.85 bits per heavy atom. The van der Waals surface area contributed by atoms with Gasteiger partial charge >= 0.3 is 0 Å². The summed E-state index contributed by atoms with van der Waals surface area (Å²) < 4.78 is 15.2. The van der Waals surface area contributed by atoms with Crippen LogP contribution in [0.1, 0.15) is 43.5 Å². The first kappa shape index (κ1) is 23.3. The van der Waals surface area contributed by atoms with Gasteiger partial charge in [0, 0.05) is 24.0 Å². The normalized spacial score (nSPS) is 19.4. The number of nitrogens with one attached hydrogen (secondary N) is 3. The van der Waals surface area contributed by atoms with Crippen LogP contribution in [0.25, 0.3) is 10.2 Å². The molecule has 1 amide bonds. The summed E-state index contributed by atoms with van der Waals surface area (Å²) >= 11 is 1.54. The van der Waals surface area contributed by atoms with Gasteiger partial charge in [0.25, 0.3) is 5.91 Å². The maximum Gasteiger partial charge on any atom is 0.255 e. The van der Waals surface area contributed by atoms with Gasteiger partial charge in [-0.3, -0.25) is 4.79 Å². The van der Waals surface area contributed by atoms with Crippen molar-refractivity contribution in [1.29, 1.82) is 0 Å². The molecule has 5 N–H and O–H groups in total. The molecule has 0 spiro atoms. The molecule has 2 heterocycles. The van der Waals surface area contributed by atoms with Gasteiger partial charge in [-0.15, -0.1) is 11.3 Å². The zero-order valence-corrected chi connectivity index (χ0v) is 19.3. The van der Waals surface area contributed by atoms with E-state index in [9.17, 15) is 19.4 Å². The summed E-state index contributed by atoms with van der Waals surface area (Å²) in [6.45, 7) is 2.39. The lowest BCUT2D eigenvalue weighted by molar-refractivity contribution is -0.00177. The molecule has 10 heteroatoms. The third-order valence-electron chi connectivity index (χ3n) is 5.73. The predicted molar refractivity (Wildman–Crippen MR) is 128 cm³/mol. The molecule has 1 aliphatic carbocycles. The second-order valence-corrected chi connectivity index (χ2v) is 9.80. The van der Waals surface area contributed by atoms with Crippen molar-refractivity contribution < 1.29 is 19.4 Å². The minimum Gasteiger partial charge on any atom is -0.393 e. The molecule has 8 nitrogen and oxygen atoms in total. The second kappa shape index (κ2) is 9.58. The number of hydrogen-bond donors (Lipinski definition) is 5. The molecule has 1 aromatic carbocycles. The number of pyridine rings is 1. The maximum atomic E-state index is 14.1. The number of aliphatic hydroxyl groups excluding tert-OH is 1. The van der Waals surface area contributed by atoms with E-state index in [-0.39, 0.29) is 24.3 Å². The lowest BCUT2D eigenvalue weighted by atomic mass is 10.0. The quantitative estimate of drug-likeness (QED) is 0.339. The van der Waals surface area contributed by atoms with Crippen LogP contribution in [0, 0.1) is 0 Å². The van der Waals surface area contributed by atoms with Crippen LogP contribution in [-0.2, 0) is 0 Å². The predicted octanol–water partition coefficient (Wildman–Crippen LogP) is 3.60. The summed E-state index contributed by atoms with van der Waals surface area (Å²) in [6, 6.07) is 7.56. The van der Waals surface area contributed by atoms with Crippen LogP contribution in [0.3, 0.4) is 0 Å². The average Bonchev–Trinajstić information content (AvgIpc) is 3.39. The fourth-order valence-electron chi connectivity index (χ4n) is 3.74. The highest BCUT2D eigenvalue weighted by Gasteiger charge is 2.28. The maximum absolute atomic E-state index is 14.1. The van der Waals surface area contributed by atoms with E-state index in [1.165, 1.54) is 20.0 Å². The first-order chi connectivity index (χ1) is 15.7. The van der Waals surface area contributed by atoms with Gasteiger partial charge in [0.1, 0.15) is 12.0 Å². The number of nitrogens with zero attached hydrogens (tertiary/aromatic N) is 2. The average molecular weight is 474 g/mol. The number of rotatable bonds is 8. The van der Waals surface area contributed by atoms with Gasteiger partial charge in [0.05, 0.1) is 45.2 Å². The topological polar surface area (TPSA) is 119 Å². The van der Waals surface area contributed by atoms with Gasteiger partial charge in [0.2, 0.25) is 0 Å². The van der Waals surface area contributed by atoms with Crippen molar-refractivity contribution in [3.63, 3.8) is 0 Å². The lowest BCUT2D eigenvalue weighted by Gasteiger charge is -2.23.